The Hall–Kier alpha value is -1.78. The zero-order valence-electron chi connectivity index (χ0n) is 15.9. The summed E-state index contributed by atoms with van der Waals surface area (Å²) in [6.45, 7) is -0.0751. The molecule has 0 fully saturated rings. The number of carboxylic acids is 1. The zero-order valence-corrected chi connectivity index (χ0v) is 15.9. The van der Waals surface area contributed by atoms with Crippen molar-refractivity contribution < 1.29 is 15.0 Å². The second-order valence-corrected chi connectivity index (χ2v) is 6.55. The van der Waals surface area contributed by atoms with Crippen molar-refractivity contribution >= 4 is 5.97 Å². The molecule has 0 amide bonds. The quantitative estimate of drug-likeness (QED) is 0.103. The molecule has 0 aliphatic rings. The normalized spacial score (nSPS) is 12.5. The van der Waals surface area contributed by atoms with Gasteiger partial charge in [0.15, 0.2) is 0 Å². The van der Waals surface area contributed by atoms with Gasteiger partial charge in [-0.05, 0) is 63.3 Å². The molecule has 0 unspecified atom stereocenters. The van der Waals surface area contributed by atoms with E-state index in [-0.39, 0.29) is 19.1 Å². The van der Waals surface area contributed by atoms with Gasteiger partial charge in [-0.1, -0.05) is 48.7 Å². The van der Waals surface area contributed by atoms with E-state index in [9.17, 15) is 4.79 Å². The molecule has 0 aromatic heterocycles. The highest BCUT2D eigenvalue weighted by Gasteiger charge is 2.02. The van der Waals surface area contributed by atoms with E-state index in [2.05, 4.69) is 34.3 Å². The van der Waals surface area contributed by atoms with Gasteiger partial charge in [-0.15, -0.1) is 0 Å². The summed E-state index contributed by atoms with van der Waals surface area (Å²) in [4.78, 5) is 13.1. The molecule has 0 aromatic rings. The Balaban J connectivity index is 3.31. The summed E-state index contributed by atoms with van der Waals surface area (Å²) in [6.07, 6.45) is 21.6. The van der Waals surface area contributed by atoms with Crippen molar-refractivity contribution in [3.63, 3.8) is 0 Å². The average molecular weight is 366 g/mol. The predicted octanol–water partition coefficient (Wildman–Crippen LogP) is 5.93. The van der Waals surface area contributed by atoms with Crippen LogP contribution in [-0.2, 0) is 4.79 Å². The van der Waals surface area contributed by atoms with E-state index in [1.165, 1.54) is 32.1 Å². The van der Waals surface area contributed by atoms with E-state index in [4.69, 9.17) is 15.7 Å². The minimum Gasteiger partial charge on any atom is -0.481 e. The maximum Gasteiger partial charge on any atom is 0.303 e. The summed E-state index contributed by atoms with van der Waals surface area (Å²) >= 11 is 0. The summed E-state index contributed by atoms with van der Waals surface area (Å²) in [5.74, 6) is -0.714. The van der Waals surface area contributed by atoms with Crippen LogP contribution < -0.4 is 0 Å². The molecule has 1 atom stereocenters. The molecule has 0 saturated heterocycles. The molecular weight excluding hydrogens is 330 g/mol. The van der Waals surface area contributed by atoms with E-state index in [1.54, 1.807) is 0 Å². The van der Waals surface area contributed by atoms with Crippen molar-refractivity contribution in [2.24, 2.45) is 5.11 Å². The van der Waals surface area contributed by atoms with Crippen molar-refractivity contribution in [3.8, 4) is 0 Å². The first-order chi connectivity index (χ1) is 12.7. The van der Waals surface area contributed by atoms with E-state index < -0.39 is 5.97 Å². The standard InChI is InChI=1S/C20H35N3O3/c21-23-22-19(18-24)16-14-12-10-8-6-4-2-1-3-5-7-9-11-13-15-17-20(25)26/h8-11,19,24H,1-7,12-18H2,(H,25,26)/b10-8-,11-9-/t19-/m0/s1. The first kappa shape index (κ1) is 24.2. The number of unbranched alkanes of at least 4 members (excludes halogenated alkanes) is 8. The van der Waals surface area contributed by atoms with Crippen molar-refractivity contribution in [2.75, 3.05) is 6.61 Å². The minimum atomic E-state index is -0.714. The van der Waals surface area contributed by atoms with Crippen molar-refractivity contribution in [1.29, 1.82) is 0 Å². The van der Waals surface area contributed by atoms with Gasteiger partial charge in [-0.2, -0.15) is 0 Å². The Bertz CT molecular complexity index is 444. The Morgan fingerprint density at radius 1 is 0.885 bits per heavy atom. The van der Waals surface area contributed by atoms with Gasteiger partial charge in [-0.25, -0.2) is 0 Å². The van der Waals surface area contributed by atoms with Crippen LogP contribution in [0.1, 0.15) is 83.5 Å². The highest BCUT2D eigenvalue weighted by atomic mass is 16.4. The maximum absolute atomic E-state index is 10.4. The molecule has 6 nitrogen and oxygen atoms in total. The lowest BCUT2D eigenvalue weighted by Crippen LogP contribution is -2.08. The Kier molecular flexibility index (Phi) is 18.2. The third-order valence-corrected chi connectivity index (χ3v) is 4.17. The first-order valence-corrected chi connectivity index (χ1v) is 9.87. The number of aliphatic hydroxyl groups is 1. The largest absolute Gasteiger partial charge is 0.481 e. The van der Waals surface area contributed by atoms with Crippen molar-refractivity contribution in [1.82, 2.24) is 0 Å². The van der Waals surface area contributed by atoms with E-state index >= 15 is 0 Å². The third-order valence-electron chi connectivity index (χ3n) is 4.17. The molecular formula is C20H35N3O3. The summed E-state index contributed by atoms with van der Waals surface area (Å²) in [6, 6.07) is -0.284. The Morgan fingerprint density at radius 2 is 1.38 bits per heavy atom. The lowest BCUT2D eigenvalue weighted by atomic mass is 10.1. The fraction of sp³-hybridized carbons (Fsp3) is 0.750. The lowest BCUT2D eigenvalue weighted by Gasteiger charge is -2.04. The first-order valence-electron chi connectivity index (χ1n) is 9.87. The van der Waals surface area contributed by atoms with Gasteiger partial charge in [0.25, 0.3) is 0 Å². The zero-order chi connectivity index (χ0) is 19.3. The van der Waals surface area contributed by atoms with Crippen LogP contribution in [0.4, 0.5) is 0 Å². The summed E-state index contributed by atoms with van der Waals surface area (Å²) in [7, 11) is 0. The fourth-order valence-corrected chi connectivity index (χ4v) is 2.63. The van der Waals surface area contributed by atoms with Gasteiger partial charge in [0, 0.05) is 11.3 Å². The SMILES string of the molecule is [N-]=[N+]=N[C@H](CO)CCC/C=C\CCCCCCC/C=C\CCCC(=O)O. The number of rotatable bonds is 18. The van der Waals surface area contributed by atoms with Crippen LogP contribution in [0.3, 0.4) is 0 Å². The lowest BCUT2D eigenvalue weighted by molar-refractivity contribution is -0.137. The van der Waals surface area contributed by atoms with Crippen LogP contribution in [0.15, 0.2) is 29.4 Å². The number of aliphatic hydroxyl groups excluding tert-OH is 1. The molecule has 0 heterocycles. The second kappa shape index (κ2) is 19.5. The molecule has 6 heteroatoms. The smallest absolute Gasteiger partial charge is 0.303 e. The number of aliphatic carboxylic acids is 1. The van der Waals surface area contributed by atoms with E-state index in [0.29, 0.717) is 0 Å². The fourth-order valence-electron chi connectivity index (χ4n) is 2.63. The molecule has 148 valence electrons. The highest BCUT2D eigenvalue weighted by Crippen LogP contribution is 2.10. The van der Waals surface area contributed by atoms with Crippen LogP contribution in [-0.4, -0.2) is 28.8 Å². The molecule has 0 aliphatic carbocycles. The molecule has 0 spiro atoms. The highest BCUT2D eigenvalue weighted by molar-refractivity contribution is 5.66. The third kappa shape index (κ3) is 18.6. The number of carbonyl (C=O) groups is 1. The van der Waals surface area contributed by atoms with Gasteiger partial charge in [-0.3, -0.25) is 4.79 Å². The van der Waals surface area contributed by atoms with Crippen LogP contribution in [0, 0.1) is 0 Å². The van der Waals surface area contributed by atoms with Crippen LogP contribution >= 0.6 is 0 Å². The second-order valence-electron chi connectivity index (χ2n) is 6.55. The van der Waals surface area contributed by atoms with Crippen molar-refractivity contribution in [3.05, 3.63) is 34.7 Å². The number of azide groups is 1. The molecule has 0 bridgehead atoms. The molecule has 26 heavy (non-hydrogen) atoms. The Labute approximate surface area is 157 Å². The number of nitrogens with zero attached hydrogens (tertiary/aromatic N) is 3. The molecule has 0 saturated carbocycles. The number of hydrogen-bond acceptors (Lipinski definition) is 3. The van der Waals surface area contributed by atoms with Crippen molar-refractivity contribution in [2.45, 2.75) is 89.5 Å². The van der Waals surface area contributed by atoms with Gasteiger partial charge in [0.2, 0.25) is 0 Å². The van der Waals surface area contributed by atoms with Gasteiger partial charge >= 0.3 is 5.97 Å². The Morgan fingerprint density at radius 3 is 1.88 bits per heavy atom. The minimum absolute atomic E-state index is 0.0751. The molecule has 2 N–H and O–H groups in total. The molecule has 0 aromatic carbocycles. The summed E-state index contributed by atoms with van der Waals surface area (Å²) < 4.78 is 0. The van der Waals surface area contributed by atoms with E-state index in [0.717, 1.165) is 44.9 Å². The van der Waals surface area contributed by atoms with Gasteiger partial charge in [0.1, 0.15) is 0 Å². The summed E-state index contributed by atoms with van der Waals surface area (Å²) in [5, 5.41) is 21.1. The predicted molar refractivity (Wildman–Crippen MR) is 106 cm³/mol. The number of allylic oxidation sites excluding steroid dienone is 4. The molecule has 0 aliphatic heterocycles. The number of carboxylic acid groups (broad SMARTS) is 1. The molecule has 0 radical (unpaired) electrons. The topological polar surface area (TPSA) is 106 Å². The molecule has 0 rings (SSSR count). The maximum atomic E-state index is 10.4. The van der Waals surface area contributed by atoms with Crippen LogP contribution in [0.2, 0.25) is 0 Å². The monoisotopic (exact) mass is 365 g/mol. The van der Waals surface area contributed by atoms with E-state index in [1.807, 2.05) is 0 Å². The van der Waals surface area contributed by atoms with Crippen LogP contribution in [0.5, 0.6) is 0 Å². The average Bonchev–Trinajstić information content (AvgIpc) is 2.63. The van der Waals surface area contributed by atoms with Crippen LogP contribution in [0.25, 0.3) is 10.4 Å². The number of hydrogen-bond donors (Lipinski definition) is 2. The van der Waals surface area contributed by atoms with Gasteiger partial charge in [0.05, 0.1) is 12.6 Å². The summed E-state index contributed by atoms with van der Waals surface area (Å²) in [5.41, 5.74) is 8.33. The van der Waals surface area contributed by atoms with Gasteiger partial charge < -0.3 is 10.2 Å².